The molecule has 16 heavy (non-hydrogen) atoms. The molecule has 0 aliphatic heterocycles. The smallest absolute Gasteiger partial charge is 0.240 e. The molecule has 2 heterocycles. The summed E-state index contributed by atoms with van der Waals surface area (Å²) in [6, 6.07) is 3.35. The molecule has 0 atom stereocenters. The molecule has 0 aromatic carbocycles. The molecule has 2 aromatic heterocycles. The van der Waals surface area contributed by atoms with Crippen LogP contribution < -0.4 is 15.2 Å². The number of nitrogens with two attached hydrogens (primary N) is 1. The molecule has 0 bridgehead atoms. The molecule has 84 valence electrons. The molecule has 2 rings (SSSR count). The van der Waals surface area contributed by atoms with Crippen molar-refractivity contribution < 1.29 is 9.47 Å². The Hall–Kier alpha value is -2.24. The lowest BCUT2D eigenvalue weighted by molar-refractivity contribution is 0.385. The first kappa shape index (κ1) is 10.3. The predicted octanol–water partition coefficient (Wildman–Crippen LogP) is 1.20. The maximum Gasteiger partial charge on any atom is 0.240 e. The van der Waals surface area contributed by atoms with Crippen LogP contribution in [0.25, 0.3) is 0 Å². The van der Waals surface area contributed by atoms with Crippen molar-refractivity contribution in [2.75, 3.05) is 12.8 Å². The van der Waals surface area contributed by atoms with Gasteiger partial charge in [0.25, 0.3) is 0 Å². The predicted molar refractivity (Wildman–Crippen MR) is 58.5 cm³/mol. The summed E-state index contributed by atoms with van der Waals surface area (Å²) in [5.74, 6) is 1.38. The third-order valence-corrected chi connectivity index (χ3v) is 1.96. The number of aryl methyl sites for hydroxylation is 1. The Morgan fingerprint density at radius 1 is 1.38 bits per heavy atom. The summed E-state index contributed by atoms with van der Waals surface area (Å²) in [6.07, 6.45) is 3.34. The molecule has 0 fully saturated rings. The zero-order valence-electron chi connectivity index (χ0n) is 9.04. The number of ether oxygens (including phenoxy) is 2. The monoisotopic (exact) mass is 220 g/mol. The Balaban J connectivity index is 2.21. The number of pyridine rings is 1. The normalized spacial score (nSPS) is 10.1. The summed E-state index contributed by atoms with van der Waals surface area (Å²) in [4.78, 5) is 4.09. The SMILES string of the molecule is COc1nc(Oc2cnn(C)c2)ccc1N. The molecule has 0 amide bonds. The van der Waals surface area contributed by atoms with Gasteiger partial charge in [0.05, 0.1) is 25.2 Å². The van der Waals surface area contributed by atoms with Crippen molar-refractivity contribution in [1.82, 2.24) is 14.8 Å². The lowest BCUT2D eigenvalue weighted by atomic mass is 10.4. The van der Waals surface area contributed by atoms with Gasteiger partial charge in [-0.05, 0) is 6.07 Å². The highest BCUT2D eigenvalue weighted by atomic mass is 16.5. The quantitative estimate of drug-likeness (QED) is 0.841. The van der Waals surface area contributed by atoms with Gasteiger partial charge in [-0.2, -0.15) is 10.1 Å². The van der Waals surface area contributed by atoms with Crippen molar-refractivity contribution in [2.24, 2.45) is 7.05 Å². The maximum atomic E-state index is 5.64. The van der Waals surface area contributed by atoms with E-state index in [0.29, 0.717) is 23.2 Å². The summed E-state index contributed by atoms with van der Waals surface area (Å²) in [5.41, 5.74) is 6.11. The molecule has 6 nitrogen and oxygen atoms in total. The molecule has 0 saturated heterocycles. The van der Waals surface area contributed by atoms with E-state index in [0.717, 1.165) is 0 Å². The van der Waals surface area contributed by atoms with Gasteiger partial charge < -0.3 is 15.2 Å². The number of nitrogen functional groups attached to an aromatic ring is 1. The number of hydrogen-bond acceptors (Lipinski definition) is 5. The molecule has 6 heteroatoms. The van der Waals surface area contributed by atoms with Gasteiger partial charge in [0.15, 0.2) is 5.75 Å². The fourth-order valence-corrected chi connectivity index (χ4v) is 1.23. The van der Waals surface area contributed by atoms with Gasteiger partial charge >= 0.3 is 0 Å². The van der Waals surface area contributed by atoms with Gasteiger partial charge in [0.2, 0.25) is 11.8 Å². The van der Waals surface area contributed by atoms with E-state index in [1.54, 1.807) is 29.2 Å². The number of aromatic nitrogens is 3. The Morgan fingerprint density at radius 3 is 2.81 bits per heavy atom. The van der Waals surface area contributed by atoms with Crippen molar-refractivity contribution in [3.8, 4) is 17.5 Å². The van der Waals surface area contributed by atoms with E-state index in [9.17, 15) is 0 Å². The number of nitrogens with zero attached hydrogens (tertiary/aromatic N) is 3. The van der Waals surface area contributed by atoms with Gasteiger partial charge in [-0.25, -0.2) is 0 Å². The third-order valence-electron chi connectivity index (χ3n) is 1.96. The zero-order chi connectivity index (χ0) is 11.5. The van der Waals surface area contributed by atoms with Crippen LogP contribution in [0.4, 0.5) is 5.69 Å². The van der Waals surface area contributed by atoms with Crippen molar-refractivity contribution in [3.63, 3.8) is 0 Å². The molecule has 0 spiro atoms. The van der Waals surface area contributed by atoms with Crippen LogP contribution in [0.15, 0.2) is 24.5 Å². The highest BCUT2D eigenvalue weighted by molar-refractivity contribution is 5.49. The molecule has 2 aromatic rings. The minimum absolute atomic E-state index is 0.349. The highest BCUT2D eigenvalue weighted by Crippen LogP contribution is 2.24. The highest BCUT2D eigenvalue weighted by Gasteiger charge is 2.05. The lowest BCUT2D eigenvalue weighted by Crippen LogP contribution is -1.96. The van der Waals surface area contributed by atoms with Crippen LogP contribution in [0, 0.1) is 0 Å². The van der Waals surface area contributed by atoms with Crippen LogP contribution in [-0.4, -0.2) is 21.9 Å². The summed E-state index contributed by atoms with van der Waals surface area (Å²) in [6.45, 7) is 0. The molecule has 0 aliphatic carbocycles. The largest absolute Gasteiger partial charge is 0.479 e. The molecule has 0 saturated carbocycles. The standard InChI is InChI=1S/C10H12N4O2/c1-14-6-7(5-12-14)16-9-4-3-8(11)10(13-9)15-2/h3-6H,11H2,1-2H3. The van der Waals surface area contributed by atoms with Crippen LogP contribution in [0.1, 0.15) is 0 Å². The zero-order valence-corrected chi connectivity index (χ0v) is 9.04. The van der Waals surface area contributed by atoms with E-state index in [4.69, 9.17) is 15.2 Å². The van der Waals surface area contributed by atoms with E-state index < -0.39 is 0 Å². The molecular formula is C10H12N4O2. The van der Waals surface area contributed by atoms with Crippen LogP contribution in [0.5, 0.6) is 17.5 Å². The average molecular weight is 220 g/mol. The van der Waals surface area contributed by atoms with Crippen molar-refractivity contribution in [1.29, 1.82) is 0 Å². The van der Waals surface area contributed by atoms with E-state index >= 15 is 0 Å². The number of methoxy groups -OCH3 is 1. The van der Waals surface area contributed by atoms with Gasteiger partial charge in [-0.15, -0.1) is 0 Å². The second kappa shape index (κ2) is 4.09. The fourth-order valence-electron chi connectivity index (χ4n) is 1.23. The first-order valence-corrected chi connectivity index (χ1v) is 4.66. The van der Waals surface area contributed by atoms with E-state index in [2.05, 4.69) is 10.1 Å². The van der Waals surface area contributed by atoms with Crippen molar-refractivity contribution in [3.05, 3.63) is 24.5 Å². The van der Waals surface area contributed by atoms with Crippen LogP contribution in [-0.2, 0) is 7.05 Å². The summed E-state index contributed by atoms with van der Waals surface area (Å²) < 4.78 is 12.1. The van der Waals surface area contributed by atoms with Gasteiger partial charge in [0, 0.05) is 13.1 Å². The van der Waals surface area contributed by atoms with E-state index in [1.807, 2.05) is 7.05 Å². The third kappa shape index (κ3) is 2.05. The topological polar surface area (TPSA) is 75.2 Å². The number of anilines is 1. The van der Waals surface area contributed by atoms with Crippen LogP contribution in [0.3, 0.4) is 0 Å². The average Bonchev–Trinajstić information content (AvgIpc) is 2.67. The molecule has 0 aliphatic rings. The molecule has 0 radical (unpaired) electrons. The molecule has 0 unspecified atom stereocenters. The Bertz CT molecular complexity index is 495. The van der Waals surface area contributed by atoms with Crippen molar-refractivity contribution >= 4 is 5.69 Å². The first-order chi connectivity index (χ1) is 7.69. The number of hydrogen-bond donors (Lipinski definition) is 1. The Kier molecular flexibility index (Phi) is 2.63. The van der Waals surface area contributed by atoms with E-state index in [-0.39, 0.29) is 0 Å². The van der Waals surface area contributed by atoms with Gasteiger partial charge in [-0.3, -0.25) is 4.68 Å². The minimum Gasteiger partial charge on any atom is -0.479 e. The van der Waals surface area contributed by atoms with Crippen LogP contribution in [0.2, 0.25) is 0 Å². The second-order valence-electron chi connectivity index (χ2n) is 3.20. The van der Waals surface area contributed by atoms with Gasteiger partial charge in [0.1, 0.15) is 0 Å². The second-order valence-corrected chi connectivity index (χ2v) is 3.20. The first-order valence-electron chi connectivity index (χ1n) is 4.66. The van der Waals surface area contributed by atoms with E-state index in [1.165, 1.54) is 7.11 Å². The number of rotatable bonds is 3. The molecular weight excluding hydrogens is 208 g/mol. The Morgan fingerprint density at radius 2 is 2.19 bits per heavy atom. The summed E-state index contributed by atoms with van der Waals surface area (Å²) >= 11 is 0. The summed E-state index contributed by atoms with van der Waals surface area (Å²) in [5, 5.41) is 3.98. The summed E-state index contributed by atoms with van der Waals surface area (Å²) in [7, 11) is 3.32. The molecule has 2 N–H and O–H groups in total. The van der Waals surface area contributed by atoms with Gasteiger partial charge in [-0.1, -0.05) is 0 Å². The fraction of sp³-hybridized carbons (Fsp3) is 0.200. The lowest BCUT2D eigenvalue weighted by Gasteiger charge is -2.05. The van der Waals surface area contributed by atoms with Crippen LogP contribution >= 0.6 is 0 Å². The maximum absolute atomic E-state index is 5.64. The van der Waals surface area contributed by atoms with Crippen molar-refractivity contribution in [2.45, 2.75) is 0 Å². The Labute approximate surface area is 92.6 Å². The minimum atomic E-state index is 0.349.